The van der Waals surface area contributed by atoms with Crippen molar-refractivity contribution < 1.29 is 0 Å². The van der Waals surface area contributed by atoms with Crippen molar-refractivity contribution in [3.63, 3.8) is 0 Å². The van der Waals surface area contributed by atoms with Crippen molar-refractivity contribution in [2.75, 3.05) is 0 Å². The van der Waals surface area contributed by atoms with E-state index in [9.17, 15) is 0 Å². The first kappa shape index (κ1) is 9.46. The molecule has 3 nitrogen and oxygen atoms in total. The molecule has 0 unspecified atom stereocenters. The van der Waals surface area contributed by atoms with Crippen LogP contribution in [0.2, 0.25) is 0 Å². The van der Waals surface area contributed by atoms with Gasteiger partial charge in [0.15, 0.2) is 0 Å². The van der Waals surface area contributed by atoms with Crippen molar-refractivity contribution in [1.29, 1.82) is 0 Å². The van der Waals surface area contributed by atoms with E-state index < -0.39 is 0 Å². The van der Waals surface area contributed by atoms with E-state index in [1.807, 2.05) is 30.6 Å². The molecule has 1 radical (unpaired) electrons. The number of pyridine rings is 1. The molecule has 0 aliphatic heterocycles. The minimum absolute atomic E-state index is 0.598. The highest BCUT2D eigenvalue weighted by Gasteiger charge is 2.26. The Morgan fingerprint density at radius 2 is 1.88 bits per heavy atom. The summed E-state index contributed by atoms with van der Waals surface area (Å²) >= 11 is 0. The van der Waals surface area contributed by atoms with E-state index in [1.165, 1.54) is 12.8 Å². The molecular weight excluding hydrogens is 198 g/mol. The molecule has 0 bridgehead atoms. The number of nitrogens with zero attached hydrogens (tertiary/aromatic N) is 3. The van der Waals surface area contributed by atoms with Crippen LogP contribution in [0, 0.1) is 6.92 Å². The molecule has 0 spiro atoms. The third-order valence-electron chi connectivity index (χ3n) is 2.72. The van der Waals surface area contributed by atoms with Crippen LogP contribution in [-0.2, 0) is 0 Å². The largest absolute Gasteiger partial charge is 0.253 e. The Morgan fingerprint density at radius 3 is 2.50 bits per heavy atom. The summed E-state index contributed by atoms with van der Waals surface area (Å²) in [6.45, 7) is 3.81. The van der Waals surface area contributed by atoms with E-state index in [2.05, 4.69) is 21.9 Å². The molecule has 2 heterocycles. The zero-order valence-corrected chi connectivity index (χ0v) is 8.93. The second-order valence-corrected chi connectivity index (χ2v) is 4.12. The summed E-state index contributed by atoms with van der Waals surface area (Å²) in [5.41, 5.74) is 2.61. The van der Waals surface area contributed by atoms with Crippen LogP contribution in [0.1, 0.15) is 30.3 Å². The van der Waals surface area contributed by atoms with Crippen LogP contribution in [0.25, 0.3) is 11.3 Å². The summed E-state index contributed by atoms with van der Waals surface area (Å²) in [7, 11) is 0. The average molecular weight is 210 g/mol. The average Bonchev–Trinajstić information content (AvgIpc) is 3.13. The highest BCUT2D eigenvalue weighted by Crippen LogP contribution is 2.37. The van der Waals surface area contributed by atoms with E-state index >= 15 is 0 Å². The normalized spacial score (nSPS) is 15.1. The lowest BCUT2D eigenvalue weighted by atomic mass is 10.2. The first-order valence-electron chi connectivity index (χ1n) is 5.44. The minimum Gasteiger partial charge on any atom is -0.253 e. The zero-order valence-electron chi connectivity index (χ0n) is 8.93. The van der Waals surface area contributed by atoms with Gasteiger partial charge in [-0.3, -0.25) is 4.98 Å². The van der Waals surface area contributed by atoms with E-state index in [-0.39, 0.29) is 0 Å². The fourth-order valence-corrected chi connectivity index (χ4v) is 1.66. The Hall–Kier alpha value is -1.77. The number of hydrogen-bond acceptors (Lipinski definition) is 3. The molecule has 0 saturated heterocycles. The second-order valence-electron chi connectivity index (χ2n) is 4.12. The molecule has 1 saturated carbocycles. The molecule has 16 heavy (non-hydrogen) atoms. The van der Waals surface area contributed by atoms with Gasteiger partial charge in [0, 0.05) is 29.6 Å². The second kappa shape index (κ2) is 3.67. The van der Waals surface area contributed by atoms with Gasteiger partial charge in [-0.15, -0.1) is 0 Å². The van der Waals surface area contributed by atoms with Crippen molar-refractivity contribution in [3.05, 3.63) is 49.0 Å². The van der Waals surface area contributed by atoms with Crippen LogP contribution >= 0.6 is 0 Å². The summed E-state index contributed by atoms with van der Waals surface area (Å²) < 4.78 is 0. The molecule has 2 aromatic rings. The molecular formula is C13H12N3. The van der Waals surface area contributed by atoms with Gasteiger partial charge in [-0.2, -0.15) is 0 Å². The summed E-state index contributed by atoms with van der Waals surface area (Å²) in [5, 5.41) is 0. The van der Waals surface area contributed by atoms with Crippen molar-refractivity contribution in [3.8, 4) is 11.3 Å². The summed E-state index contributed by atoms with van der Waals surface area (Å²) in [5.74, 6) is 1.57. The third-order valence-corrected chi connectivity index (χ3v) is 2.72. The number of hydrogen-bond donors (Lipinski definition) is 0. The van der Waals surface area contributed by atoms with Crippen LogP contribution in [-0.4, -0.2) is 15.0 Å². The predicted molar refractivity (Wildman–Crippen MR) is 61.7 cm³/mol. The standard InChI is InChI=1S/C13H12N3/c1-9-3-2-4-12(16-9)11-7-14-13(15-8-11)10-5-6-10/h2-4,7-8,10H,1,5-6H2. The third kappa shape index (κ3) is 1.81. The molecule has 2 aromatic heterocycles. The summed E-state index contributed by atoms with van der Waals surface area (Å²) in [6.07, 6.45) is 6.16. The predicted octanol–water partition coefficient (Wildman–Crippen LogP) is 2.60. The van der Waals surface area contributed by atoms with Gasteiger partial charge in [0.2, 0.25) is 0 Å². The molecule has 79 valence electrons. The van der Waals surface area contributed by atoms with E-state index in [1.54, 1.807) is 0 Å². The maximum Gasteiger partial charge on any atom is 0.131 e. The van der Waals surface area contributed by atoms with Crippen LogP contribution < -0.4 is 0 Å². The maximum absolute atomic E-state index is 4.38. The topological polar surface area (TPSA) is 38.7 Å². The van der Waals surface area contributed by atoms with Gasteiger partial charge in [-0.25, -0.2) is 9.97 Å². The molecule has 1 fully saturated rings. The Morgan fingerprint density at radius 1 is 1.12 bits per heavy atom. The van der Waals surface area contributed by atoms with Crippen LogP contribution in [0.15, 0.2) is 30.6 Å². The van der Waals surface area contributed by atoms with E-state index in [0.717, 1.165) is 22.8 Å². The summed E-state index contributed by atoms with van der Waals surface area (Å²) in [6, 6.07) is 5.77. The number of rotatable bonds is 2. The minimum atomic E-state index is 0.598. The van der Waals surface area contributed by atoms with Gasteiger partial charge in [0.25, 0.3) is 0 Å². The monoisotopic (exact) mass is 210 g/mol. The lowest BCUT2D eigenvalue weighted by Crippen LogP contribution is -1.93. The summed E-state index contributed by atoms with van der Waals surface area (Å²) in [4.78, 5) is 13.1. The SMILES string of the molecule is [CH2]c1cccc(-c2cnc(C3CC3)nc2)n1. The smallest absolute Gasteiger partial charge is 0.131 e. The fourth-order valence-electron chi connectivity index (χ4n) is 1.66. The molecule has 0 N–H and O–H groups in total. The number of aromatic nitrogens is 3. The van der Waals surface area contributed by atoms with Crippen molar-refractivity contribution >= 4 is 0 Å². The maximum atomic E-state index is 4.38. The highest BCUT2D eigenvalue weighted by molar-refractivity contribution is 5.56. The lowest BCUT2D eigenvalue weighted by Gasteiger charge is -2.02. The molecule has 0 amide bonds. The van der Waals surface area contributed by atoms with Crippen molar-refractivity contribution in [1.82, 2.24) is 15.0 Å². The first-order chi connectivity index (χ1) is 7.83. The Labute approximate surface area is 94.6 Å². The first-order valence-corrected chi connectivity index (χ1v) is 5.44. The van der Waals surface area contributed by atoms with Crippen LogP contribution in [0.3, 0.4) is 0 Å². The van der Waals surface area contributed by atoms with Gasteiger partial charge in [0.05, 0.1) is 5.69 Å². The molecule has 0 atom stereocenters. The van der Waals surface area contributed by atoms with E-state index in [0.29, 0.717) is 5.92 Å². The zero-order chi connectivity index (χ0) is 11.0. The molecule has 3 rings (SSSR count). The molecule has 1 aliphatic carbocycles. The Balaban J connectivity index is 1.94. The lowest BCUT2D eigenvalue weighted by molar-refractivity contribution is 0.927. The van der Waals surface area contributed by atoms with Gasteiger partial charge < -0.3 is 0 Å². The van der Waals surface area contributed by atoms with E-state index in [4.69, 9.17) is 0 Å². The van der Waals surface area contributed by atoms with Gasteiger partial charge >= 0.3 is 0 Å². The fraction of sp³-hybridized carbons (Fsp3) is 0.231. The van der Waals surface area contributed by atoms with Gasteiger partial charge in [-0.1, -0.05) is 6.07 Å². The Bertz CT molecular complexity index is 501. The quantitative estimate of drug-likeness (QED) is 0.764. The van der Waals surface area contributed by atoms with Crippen molar-refractivity contribution in [2.45, 2.75) is 18.8 Å². The molecule has 0 aromatic carbocycles. The van der Waals surface area contributed by atoms with Crippen molar-refractivity contribution in [2.24, 2.45) is 0 Å². The van der Waals surface area contributed by atoms with Gasteiger partial charge in [0.1, 0.15) is 5.82 Å². The van der Waals surface area contributed by atoms with Crippen LogP contribution in [0.4, 0.5) is 0 Å². The van der Waals surface area contributed by atoms with Crippen LogP contribution in [0.5, 0.6) is 0 Å². The van der Waals surface area contributed by atoms with Gasteiger partial charge in [-0.05, 0) is 31.9 Å². The Kier molecular flexibility index (Phi) is 2.17. The molecule has 1 aliphatic rings. The highest BCUT2D eigenvalue weighted by atomic mass is 14.9. The molecule has 3 heteroatoms.